The maximum atomic E-state index is 13.4. The summed E-state index contributed by atoms with van der Waals surface area (Å²) in [5, 5.41) is 7.61. The fourth-order valence-electron chi connectivity index (χ4n) is 2.94. The van der Waals surface area contributed by atoms with Crippen LogP contribution < -0.4 is 10.6 Å². The number of fused-ring (bicyclic) bond motifs is 1. The number of H-pyrrole nitrogens is 1. The van der Waals surface area contributed by atoms with Crippen LogP contribution in [0, 0.1) is 5.82 Å². The van der Waals surface area contributed by atoms with E-state index in [2.05, 4.69) is 39.4 Å². The van der Waals surface area contributed by atoms with Crippen molar-refractivity contribution in [1.29, 1.82) is 0 Å². The van der Waals surface area contributed by atoms with Crippen molar-refractivity contribution in [2.45, 2.75) is 26.7 Å². The van der Waals surface area contributed by atoms with Gasteiger partial charge in [-0.2, -0.15) is 0 Å². The number of hydrogen-bond acceptors (Lipinski definition) is 2. The summed E-state index contributed by atoms with van der Waals surface area (Å²) in [6.07, 6.45) is 3.85. The minimum Gasteiger partial charge on any atom is -0.361 e. The van der Waals surface area contributed by atoms with E-state index in [1.807, 2.05) is 6.20 Å². The predicted octanol–water partition coefficient (Wildman–Crippen LogP) is 2.75. The van der Waals surface area contributed by atoms with Gasteiger partial charge in [-0.15, -0.1) is 0 Å². The van der Waals surface area contributed by atoms with Crippen molar-refractivity contribution in [2.24, 2.45) is 4.99 Å². The van der Waals surface area contributed by atoms with Gasteiger partial charge < -0.3 is 20.5 Å². The molecule has 5 nitrogen and oxygen atoms in total. The van der Waals surface area contributed by atoms with Gasteiger partial charge in [0.2, 0.25) is 0 Å². The van der Waals surface area contributed by atoms with Crippen LogP contribution in [0.1, 0.15) is 25.8 Å². The summed E-state index contributed by atoms with van der Waals surface area (Å²) in [6, 6.07) is 4.84. The lowest BCUT2D eigenvalue weighted by atomic mass is 10.1. The topological polar surface area (TPSA) is 55.4 Å². The maximum Gasteiger partial charge on any atom is 0.190 e. The highest BCUT2D eigenvalue weighted by atomic mass is 19.1. The highest BCUT2D eigenvalue weighted by Gasteiger charge is 2.05. The normalized spacial score (nSPS) is 12.1. The fraction of sp³-hybridized carbons (Fsp3) is 0.526. The third kappa shape index (κ3) is 5.74. The molecule has 0 radical (unpaired) electrons. The van der Waals surface area contributed by atoms with Crippen molar-refractivity contribution >= 4 is 16.9 Å². The van der Waals surface area contributed by atoms with E-state index in [-0.39, 0.29) is 5.82 Å². The van der Waals surface area contributed by atoms with Crippen molar-refractivity contribution in [3.63, 3.8) is 0 Å². The SMILES string of the molecule is CCN(CC)CCCNC(=NC)NCCc1c[nH]c2ccc(F)cc12. The van der Waals surface area contributed by atoms with Gasteiger partial charge in [0, 0.05) is 37.2 Å². The van der Waals surface area contributed by atoms with Gasteiger partial charge >= 0.3 is 0 Å². The van der Waals surface area contributed by atoms with Crippen molar-refractivity contribution in [3.8, 4) is 0 Å². The molecule has 0 amide bonds. The fourth-order valence-corrected chi connectivity index (χ4v) is 2.94. The molecule has 0 atom stereocenters. The Kier molecular flexibility index (Phi) is 7.73. The molecule has 1 heterocycles. The third-order valence-corrected chi connectivity index (χ3v) is 4.48. The number of rotatable bonds is 9. The number of nitrogens with one attached hydrogen (secondary N) is 3. The first-order valence-electron chi connectivity index (χ1n) is 9.10. The van der Waals surface area contributed by atoms with Gasteiger partial charge in [-0.25, -0.2) is 4.39 Å². The van der Waals surface area contributed by atoms with Gasteiger partial charge in [-0.3, -0.25) is 4.99 Å². The summed E-state index contributed by atoms with van der Waals surface area (Å²) in [5.41, 5.74) is 2.08. The van der Waals surface area contributed by atoms with Crippen LogP contribution in [-0.4, -0.2) is 55.6 Å². The van der Waals surface area contributed by atoms with Gasteiger partial charge in [-0.05, 0) is 56.2 Å². The monoisotopic (exact) mass is 347 g/mol. The molecule has 0 aliphatic carbocycles. The summed E-state index contributed by atoms with van der Waals surface area (Å²) >= 11 is 0. The third-order valence-electron chi connectivity index (χ3n) is 4.48. The lowest BCUT2D eigenvalue weighted by Gasteiger charge is -2.18. The summed E-state index contributed by atoms with van der Waals surface area (Å²) in [4.78, 5) is 9.85. The molecule has 138 valence electrons. The molecule has 0 bridgehead atoms. The molecule has 6 heteroatoms. The minimum absolute atomic E-state index is 0.202. The lowest BCUT2D eigenvalue weighted by Crippen LogP contribution is -2.39. The van der Waals surface area contributed by atoms with Crippen LogP contribution >= 0.6 is 0 Å². The van der Waals surface area contributed by atoms with Crippen molar-refractivity contribution in [2.75, 3.05) is 39.8 Å². The maximum absolute atomic E-state index is 13.4. The van der Waals surface area contributed by atoms with Crippen LogP contribution in [0.2, 0.25) is 0 Å². The Balaban J connectivity index is 1.74. The van der Waals surface area contributed by atoms with Crippen molar-refractivity contribution < 1.29 is 4.39 Å². The summed E-state index contributed by atoms with van der Waals surface area (Å²) in [6.45, 7) is 9.30. The average molecular weight is 347 g/mol. The van der Waals surface area contributed by atoms with E-state index in [0.717, 1.165) is 68.0 Å². The molecular formula is C19H30FN5. The van der Waals surface area contributed by atoms with Crippen LogP contribution in [-0.2, 0) is 6.42 Å². The molecule has 1 aromatic carbocycles. The van der Waals surface area contributed by atoms with Crippen molar-refractivity contribution in [1.82, 2.24) is 20.5 Å². The summed E-state index contributed by atoms with van der Waals surface area (Å²) in [7, 11) is 1.78. The van der Waals surface area contributed by atoms with E-state index in [1.54, 1.807) is 19.2 Å². The van der Waals surface area contributed by atoms with Crippen LogP contribution in [0.3, 0.4) is 0 Å². The van der Waals surface area contributed by atoms with E-state index in [4.69, 9.17) is 0 Å². The Hall–Kier alpha value is -2.08. The largest absolute Gasteiger partial charge is 0.361 e. The molecular weight excluding hydrogens is 317 g/mol. The Labute approximate surface area is 149 Å². The molecule has 3 N–H and O–H groups in total. The van der Waals surface area contributed by atoms with Gasteiger partial charge in [0.05, 0.1) is 0 Å². The molecule has 1 aromatic heterocycles. The zero-order chi connectivity index (χ0) is 18.1. The Morgan fingerprint density at radius 3 is 2.68 bits per heavy atom. The molecule has 0 saturated heterocycles. The summed E-state index contributed by atoms with van der Waals surface area (Å²) < 4.78 is 13.4. The van der Waals surface area contributed by atoms with Crippen LogP contribution in [0.4, 0.5) is 4.39 Å². The highest BCUT2D eigenvalue weighted by molar-refractivity contribution is 5.83. The molecule has 0 fully saturated rings. The zero-order valence-corrected chi connectivity index (χ0v) is 15.5. The Morgan fingerprint density at radius 1 is 1.20 bits per heavy atom. The number of aromatic amines is 1. The van der Waals surface area contributed by atoms with E-state index in [1.165, 1.54) is 6.07 Å². The highest BCUT2D eigenvalue weighted by Crippen LogP contribution is 2.19. The minimum atomic E-state index is -0.202. The molecule has 25 heavy (non-hydrogen) atoms. The van der Waals surface area contributed by atoms with E-state index < -0.39 is 0 Å². The second kappa shape index (κ2) is 10.0. The first kappa shape index (κ1) is 19.2. The first-order valence-corrected chi connectivity index (χ1v) is 9.10. The predicted molar refractivity (Wildman–Crippen MR) is 104 cm³/mol. The van der Waals surface area contributed by atoms with Gasteiger partial charge in [-0.1, -0.05) is 13.8 Å². The van der Waals surface area contributed by atoms with E-state index >= 15 is 0 Å². The molecule has 0 saturated carbocycles. The van der Waals surface area contributed by atoms with Crippen molar-refractivity contribution in [3.05, 3.63) is 35.8 Å². The average Bonchev–Trinajstić information content (AvgIpc) is 3.02. The van der Waals surface area contributed by atoms with Gasteiger partial charge in [0.1, 0.15) is 5.82 Å². The van der Waals surface area contributed by atoms with Crippen LogP contribution in [0.15, 0.2) is 29.4 Å². The van der Waals surface area contributed by atoms with Crippen LogP contribution in [0.25, 0.3) is 10.9 Å². The second-order valence-corrected chi connectivity index (χ2v) is 6.06. The molecule has 0 aliphatic heterocycles. The van der Waals surface area contributed by atoms with E-state index in [9.17, 15) is 4.39 Å². The number of hydrogen-bond donors (Lipinski definition) is 3. The summed E-state index contributed by atoms with van der Waals surface area (Å²) in [5.74, 6) is 0.609. The lowest BCUT2D eigenvalue weighted by molar-refractivity contribution is 0.300. The molecule has 0 spiro atoms. The number of guanidine groups is 1. The number of halogens is 1. The number of aliphatic imine (C=N–C) groups is 1. The molecule has 2 rings (SSSR count). The Bertz CT molecular complexity index is 676. The molecule has 0 aliphatic rings. The smallest absolute Gasteiger partial charge is 0.190 e. The number of benzene rings is 1. The standard InChI is InChI=1S/C19H30FN5/c1-4-25(5-2)12-6-10-22-19(21-3)23-11-9-15-14-24-18-8-7-16(20)13-17(15)18/h7-8,13-14,24H,4-6,9-12H2,1-3H3,(H2,21,22,23). The van der Waals surface area contributed by atoms with E-state index in [0.29, 0.717) is 0 Å². The number of aromatic nitrogens is 1. The first-order chi connectivity index (χ1) is 12.2. The van der Waals surface area contributed by atoms with Crippen LogP contribution in [0.5, 0.6) is 0 Å². The second-order valence-electron chi connectivity index (χ2n) is 6.06. The zero-order valence-electron chi connectivity index (χ0n) is 15.5. The van der Waals surface area contributed by atoms with Gasteiger partial charge in [0.15, 0.2) is 5.96 Å². The molecule has 2 aromatic rings. The van der Waals surface area contributed by atoms with Gasteiger partial charge in [0.25, 0.3) is 0 Å². The number of nitrogens with zero attached hydrogens (tertiary/aromatic N) is 2. The molecule has 0 unspecified atom stereocenters. The Morgan fingerprint density at radius 2 is 1.96 bits per heavy atom. The quantitative estimate of drug-likeness (QED) is 0.371.